The average molecular weight is 299 g/mol. The molecule has 0 aliphatic rings. The van der Waals surface area contributed by atoms with Crippen LogP contribution in [0.5, 0.6) is 0 Å². The van der Waals surface area contributed by atoms with Crippen LogP contribution in [-0.4, -0.2) is 9.97 Å². The summed E-state index contributed by atoms with van der Waals surface area (Å²) in [4.78, 5) is 10.9. The Kier molecular flexibility index (Phi) is 3.72. The third-order valence-electron chi connectivity index (χ3n) is 3.23. The van der Waals surface area contributed by atoms with Gasteiger partial charge in [0.25, 0.3) is 0 Å². The van der Waals surface area contributed by atoms with E-state index in [9.17, 15) is 0 Å². The van der Waals surface area contributed by atoms with Crippen LogP contribution in [0.15, 0.2) is 30.3 Å². The Morgan fingerprint density at radius 2 is 1.90 bits per heavy atom. The molecule has 0 atom stereocenters. The van der Waals surface area contributed by atoms with Crippen molar-refractivity contribution in [3.63, 3.8) is 0 Å². The lowest BCUT2D eigenvalue weighted by molar-refractivity contribution is 1.09. The second-order valence-corrected chi connectivity index (χ2v) is 6.19. The van der Waals surface area contributed by atoms with Gasteiger partial charge in [-0.05, 0) is 25.5 Å². The number of anilines is 2. The minimum Gasteiger partial charge on any atom is -0.365 e. The summed E-state index contributed by atoms with van der Waals surface area (Å²) in [6.45, 7) is 4.86. The summed E-state index contributed by atoms with van der Waals surface area (Å²) in [5, 5.41) is 4.40. The standard InChI is InChI=1S/C15H17N5S/c1-9-3-5-11(6-4-9)8-17-13-12-7-10(2)21-14(12)19-15(18-13)20-16/h3-7H,8,16H2,1-2H3,(H2,17,18,19,20). The lowest BCUT2D eigenvalue weighted by Crippen LogP contribution is -2.12. The van der Waals surface area contributed by atoms with E-state index in [1.807, 2.05) is 0 Å². The Morgan fingerprint density at radius 3 is 2.62 bits per heavy atom. The molecule has 0 aliphatic carbocycles. The first kappa shape index (κ1) is 13.8. The molecule has 0 unspecified atom stereocenters. The van der Waals surface area contributed by atoms with Gasteiger partial charge in [-0.25, -0.2) is 10.8 Å². The second-order valence-electron chi connectivity index (χ2n) is 4.96. The van der Waals surface area contributed by atoms with Crippen molar-refractivity contribution in [3.8, 4) is 0 Å². The summed E-state index contributed by atoms with van der Waals surface area (Å²) >= 11 is 1.63. The zero-order chi connectivity index (χ0) is 14.8. The van der Waals surface area contributed by atoms with Crippen LogP contribution in [0.4, 0.5) is 11.8 Å². The predicted molar refractivity (Wildman–Crippen MR) is 88.5 cm³/mol. The summed E-state index contributed by atoms with van der Waals surface area (Å²) in [7, 11) is 0. The molecule has 3 aromatic rings. The molecule has 0 saturated heterocycles. The number of benzene rings is 1. The Labute approximate surface area is 127 Å². The minimum atomic E-state index is 0.427. The number of hydrogen-bond acceptors (Lipinski definition) is 6. The van der Waals surface area contributed by atoms with Crippen LogP contribution < -0.4 is 16.6 Å². The van der Waals surface area contributed by atoms with E-state index in [1.54, 1.807) is 11.3 Å². The van der Waals surface area contributed by atoms with Crippen molar-refractivity contribution in [2.24, 2.45) is 5.84 Å². The number of aryl methyl sites for hydroxylation is 2. The van der Waals surface area contributed by atoms with Crippen LogP contribution in [0.2, 0.25) is 0 Å². The molecule has 2 heterocycles. The van der Waals surface area contributed by atoms with E-state index < -0.39 is 0 Å². The van der Waals surface area contributed by atoms with Gasteiger partial charge in [0.2, 0.25) is 5.95 Å². The number of thiophene rings is 1. The minimum absolute atomic E-state index is 0.427. The Balaban J connectivity index is 1.90. The molecule has 0 radical (unpaired) electrons. The second kappa shape index (κ2) is 5.67. The van der Waals surface area contributed by atoms with Gasteiger partial charge in [0.05, 0.1) is 5.39 Å². The molecule has 6 heteroatoms. The largest absolute Gasteiger partial charge is 0.365 e. The molecule has 1 aromatic carbocycles. The number of hydrogen-bond donors (Lipinski definition) is 3. The van der Waals surface area contributed by atoms with Gasteiger partial charge in [-0.3, -0.25) is 5.43 Å². The van der Waals surface area contributed by atoms with Crippen molar-refractivity contribution in [1.29, 1.82) is 0 Å². The Hall–Kier alpha value is -2.18. The van der Waals surface area contributed by atoms with Crippen LogP contribution in [0.3, 0.4) is 0 Å². The molecule has 21 heavy (non-hydrogen) atoms. The van der Waals surface area contributed by atoms with Crippen LogP contribution in [0.25, 0.3) is 10.2 Å². The molecule has 0 bridgehead atoms. The van der Waals surface area contributed by atoms with Crippen LogP contribution in [-0.2, 0) is 6.54 Å². The van der Waals surface area contributed by atoms with E-state index in [-0.39, 0.29) is 0 Å². The Morgan fingerprint density at radius 1 is 1.14 bits per heavy atom. The van der Waals surface area contributed by atoms with Gasteiger partial charge in [-0.15, -0.1) is 11.3 Å². The number of rotatable bonds is 4. The highest BCUT2D eigenvalue weighted by Crippen LogP contribution is 2.29. The fourth-order valence-corrected chi connectivity index (χ4v) is 3.01. The fourth-order valence-electron chi connectivity index (χ4n) is 2.13. The van der Waals surface area contributed by atoms with Gasteiger partial charge in [0, 0.05) is 11.4 Å². The molecule has 2 aromatic heterocycles. The van der Waals surface area contributed by atoms with Gasteiger partial charge in [-0.2, -0.15) is 4.98 Å². The van der Waals surface area contributed by atoms with E-state index in [4.69, 9.17) is 5.84 Å². The third kappa shape index (κ3) is 2.96. The van der Waals surface area contributed by atoms with E-state index in [0.717, 1.165) is 16.0 Å². The molecular formula is C15H17N5S. The number of nitrogens with zero attached hydrogens (tertiary/aromatic N) is 2. The number of aromatic nitrogens is 2. The smallest absolute Gasteiger partial charge is 0.240 e. The lowest BCUT2D eigenvalue weighted by atomic mass is 10.1. The van der Waals surface area contributed by atoms with Gasteiger partial charge < -0.3 is 5.32 Å². The first-order valence-corrected chi connectivity index (χ1v) is 7.51. The quantitative estimate of drug-likeness (QED) is 0.509. The normalized spacial score (nSPS) is 10.8. The highest BCUT2D eigenvalue weighted by molar-refractivity contribution is 7.18. The predicted octanol–water partition coefficient (Wildman–Crippen LogP) is 3.21. The number of nitrogens with two attached hydrogens (primary N) is 1. The molecular weight excluding hydrogens is 282 g/mol. The van der Waals surface area contributed by atoms with Gasteiger partial charge >= 0.3 is 0 Å². The number of nitrogen functional groups attached to an aromatic ring is 1. The summed E-state index contributed by atoms with van der Waals surface area (Å²) in [5.41, 5.74) is 4.98. The van der Waals surface area contributed by atoms with Crippen LogP contribution >= 0.6 is 11.3 Å². The maximum atomic E-state index is 5.44. The van der Waals surface area contributed by atoms with Crippen molar-refractivity contribution in [2.75, 3.05) is 10.7 Å². The van der Waals surface area contributed by atoms with Gasteiger partial charge in [0.1, 0.15) is 10.6 Å². The van der Waals surface area contributed by atoms with Gasteiger partial charge in [0.15, 0.2) is 0 Å². The van der Waals surface area contributed by atoms with E-state index in [1.165, 1.54) is 16.0 Å². The van der Waals surface area contributed by atoms with Crippen LogP contribution in [0.1, 0.15) is 16.0 Å². The molecule has 108 valence electrons. The molecule has 5 nitrogen and oxygen atoms in total. The van der Waals surface area contributed by atoms with E-state index in [0.29, 0.717) is 12.5 Å². The molecule has 0 amide bonds. The van der Waals surface area contributed by atoms with Crippen molar-refractivity contribution < 1.29 is 0 Å². The SMILES string of the molecule is Cc1ccc(CNc2nc(NN)nc3sc(C)cc23)cc1. The maximum absolute atomic E-state index is 5.44. The summed E-state index contributed by atoms with van der Waals surface area (Å²) in [5.74, 6) is 6.67. The van der Waals surface area contributed by atoms with Crippen molar-refractivity contribution in [1.82, 2.24) is 9.97 Å². The highest BCUT2D eigenvalue weighted by Gasteiger charge is 2.10. The monoisotopic (exact) mass is 299 g/mol. The number of fused-ring (bicyclic) bond motifs is 1. The fraction of sp³-hybridized carbons (Fsp3) is 0.200. The maximum Gasteiger partial charge on any atom is 0.240 e. The highest BCUT2D eigenvalue weighted by atomic mass is 32.1. The molecule has 0 saturated carbocycles. The third-order valence-corrected chi connectivity index (χ3v) is 4.17. The average Bonchev–Trinajstić information content (AvgIpc) is 2.86. The summed E-state index contributed by atoms with van der Waals surface area (Å²) in [6, 6.07) is 10.5. The topological polar surface area (TPSA) is 75.9 Å². The summed E-state index contributed by atoms with van der Waals surface area (Å²) in [6.07, 6.45) is 0. The number of nitrogens with one attached hydrogen (secondary N) is 2. The lowest BCUT2D eigenvalue weighted by Gasteiger charge is -2.08. The Bertz CT molecular complexity index is 764. The molecule has 3 rings (SSSR count). The zero-order valence-electron chi connectivity index (χ0n) is 12.0. The van der Waals surface area contributed by atoms with E-state index >= 15 is 0 Å². The zero-order valence-corrected chi connectivity index (χ0v) is 12.8. The molecule has 4 N–H and O–H groups in total. The first-order chi connectivity index (χ1) is 10.2. The van der Waals surface area contributed by atoms with Crippen LogP contribution in [0, 0.1) is 13.8 Å². The summed E-state index contributed by atoms with van der Waals surface area (Å²) < 4.78 is 0. The van der Waals surface area contributed by atoms with E-state index in [2.05, 4.69) is 64.9 Å². The number of hydrazine groups is 1. The molecule has 0 spiro atoms. The van der Waals surface area contributed by atoms with Crippen molar-refractivity contribution in [3.05, 3.63) is 46.3 Å². The van der Waals surface area contributed by atoms with Gasteiger partial charge in [-0.1, -0.05) is 29.8 Å². The molecule has 0 fully saturated rings. The molecule has 0 aliphatic heterocycles. The first-order valence-electron chi connectivity index (χ1n) is 6.70. The van der Waals surface area contributed by atoms with Crippen molar-refractivity contribution in [2.45, 2.75) is 20.4 Å². The van der Waals surface area contributed by atoms with Crippen molar-refractivity contribution >= 4 is 33.3 Å².